The molecule has 3 nitrogen and oxygen atoms in total. The minimum Gasteiger partial charge on any atom is -0.494 e. The van der Waals surface area contributed by atoms with Gasteiger partial charge in [0.25, 0.3) is 5.91 Å². The Hall–Kier alpha value is -2.52. The quantitative estimate of drug-likeness (QED) is 0.541. The number of benzene rings is 2. The minimum absolute atomic E-state index is 0.0933. The van der Waals surface area contributed by atoms with E-state index in [2.05, 4.69) is 0 Å². The molecule has 2 aliphatic rings. The van der Waals surface area contributed by atoms with Crippen LogP contribution in [-0.2, 0) is 4.79 Å². The van der Waals surface area contributed by atoms with Gasteiger partial charge in [-0.15, -0.1) is 0 Å². The zero-order valence-corrected chi connectivity index (χ0v) is 17.5. The number of rotatable bonds is 5. The van der Waals surface area contributed by atoms with Crippen LogP contribution in [0.15, 0.2) is 60.2 Å². The van der Waals surface area contributed by atoms with Crippen LogP contribution in [-0.4, -0.2) is 23.5 Å². The van der Waals surface area contributed by atoms with Crippen LogP contribution in [0, 0.1) is 0 Å². The molecule has 4 rings (SSSR count). The smallest absolute Gasteiger partial charge is 0.258 e. The summed E-state index contributed by atoms with van der Waals surface area (Å²) in [5, 5.41) is 0.702. The molecule has 29 heavy (non-hydrogen) atoms. The number of hydrogen-bond acceptors (Lipinski definition) is 2. The molecule has 0 atom stereocenters. The highest BCUT2D eigenvalue weighted by Crippen LogP contribution is 2.37. The standard InChI is InChI=1S/C25H26ClNO2/c1-2-29-23-14-8-18(9-15-23)16-20-17-24(19-10-12-21(26)13-11-19)27(25(20)28)22-6-4-3-5-7-22/h8-17,22H,2-7H2,1H3/b20-16-. The van der Waals surface area contributed by atoms with E-state index in [0.29, 0.717) is 11.6 Å². The highest BCUT2D eigenvalue weighted by molar-refractivity contribution is 6.30. The first-order chi connectivity index (χ1) is 14.2. The van der Waals surface area contributed by atoms with Crippen molar-refractivity contribution in [3.63, 3.8) is 0 Å². The van der Waals surface area contributed by atoms with Gasteiger partial charge < -0.3 is 9.64 Å². The molecule has 2 aromatic rings. The molecule has 1 aliphatic carbocycles. The molecule has 0 spiro atoms. The number of nitrogens with zero attached hydrogens (tertiary/aromatic N) is 1. The first-order valence-electron chi connectivity index (χ1n) is 10.4. The average Bonchev–Trinajstić information content (AvgIpc) is 3.07. The fraction of sp³-hybridized carbons (Fsp3) is 0.320. The van der Waals surface area contributed by atoms with Crippen molar-refractivity contribution in [1.82, 2.24) is 4.90 Å². The van der Waals surface area contributed by atoms with Gasteiger partial charge in [-0.1, -0.05) is 55.1 Å². The van der Waals surface area contributed by atoms with Gasteiger partial charge in [-0.3, -0.25) is 4.79 Å². The molecule has 1 amide bonds. The topological polar surface area (TPSA) is 29.5 Å². The lowest BCUT2D eigenvalue weighted by atomic mass is 9.93. The summed E-state index contributed by atoms with van der Waals surface area (Å²) >= 11 is 6.08. The Bertz CT molecular complexity index is 922. The number of amides is 1. The summed E-state index contributed by atoms with van der Waals surface area (Å²) in [5.74, 6) is 0.935. The number of ether oxygens (including phenoxy) is 1. The van der Waals surface area contributed by atoms with Crippen molar-refractivity contribution in [3.8, 4) is 5.75 Å². The van der Waals surface area contributed by atoms with Crippen LogP contribution in [0.4, 0.5) is 0 Å². The van der Waals surface area contributed by atoms with E-state index < -0.39 is 0 Å². The van der Waals surface area contributed by atoms with E-state index in [1.54, 1.807) is 0 Å². The summed E-state index contributed by atoms with van der Waals surface area (Å²) < 4.78 is 5.51. The van der Waals surface area contributed by atoms with Crippen molar-refractivity contribution in [2.24, 2.45) is 0 Å². The minimum atomic E-state index is 0.0933. The van der Waals surface area contributed by atoms with Gasteiger partial charge in [0, 0.05) is 16.6 Å². The van der Waals surface area contributed by atoms with Crippen LogP contribution in [0.2, 0.25) is 5.02 Å². The molecule has 1 fully saturated rings. The second kappa shape index (κ2) is 8.87. The Morgan fingerprint density at radius 1 is 1.03 bits per heavy atom. The van der Waals surface area contributed by atoms with E-state index >= 15 is 0 Å². The molecule has 0 bridgehead atoms. The van der Waals surface area contributed by atoms with Crippen molar-refractivity contribution < 1.29 is 9.53 Å². The predicted molar refractivity (Wildman–Crippen MR) is 119 cm³/mol. The van der Waals surface area contributed by atoms with Gasteiger partial charge in [0.2, 0.25) is 0 Å². The van der Waals surface area contributed by atoms with Gasteiger partial charge >= 0.3 is 0 Å². The zero-order valence-electron chi connectivity index (χ0n) is 16.7. The Morgan fingerprint density at radius 3 is 2.38 bits per heavy atom. The Balaban J connectivity index is 1.68. The van der Waals surface area contributed by atoms with Crippen LogP contribution in [0.25, 0.3) is 11.8 Å². The van der Waals surface area contributed by atoms with Gasteiger partial charge in [-0.2, -0.15) is 0 Å². The highest BCUT2D eigenvalue weighted by Gasteiger charge is 2.35. The molecular formula is C25H26ClNO2. The summed E-state index contributed by atoms with van der Waals surface area (Å²) in [6.07, 6.45) is 9.74. The first-order valence-corrected chi connectivity index (χ1v) is 10.8. The maximum Gasteiger partial charge on any atom is 0.258 e. The monoisotopic (exact) mass is 407 g/mol. The Labute approximate surface area is 177 Å². The molecule has 1 aliphatic heterocycles. The number of carbonyl (C=O) groups is 1. The average molecular weight is 408 g/mol. The van der Waals surface area contributed by atoms with Crippen molar-refractivity contribution in [3.05, 3.63) is 76.3 Å². The van der Waals surface area contributed by atoms with Crippen molar-refractivity contribution in [2.45, 2.75) is 45.1 Å². The van der Waals surface area contributed by atoms with E-state index in [-0.39, 0.29) is 11.9 Å². The Kier molecular flexibility index (Phi) is 6.05. The second-order valence-electron chi connectivity index (χ2n) is 7.61. The molecule has 2 aromatic carbocycles. The van der Waals surface area contributed by atoms with E-state index in [4.69, 9.17) is 16.3 Å². The van der Waals surface area contributed by atoms with Crippen molar-refractivity contribution >= 4 is 29.3 Å². The summed E-state index contributed by atoms with van der Waals surface area (Å²) in [6, 6.07) is 15.9. The third-order valence-corrected chi connectivity index (χ3v) is 5.86. The van der Waals surface area contributed by atoms with Gasteiger partial charge in [0.1, 0.15) is 5.75 Å². The molecule has 4 heteroatoms. The maximum absolute atomic E-state index is 13.4. The van der Waals surface area contributed by atoms with Crippen LogP contribution >= 0.6 is 11.6 Å². The first kappa shape index (κ1) is 19.8. The number of carbonyl (C=O) groups excluding carboxylic acids is 1. The summed E-state index contributed by atoms with van der Waals surface area (Å²) in [6.45, 7) is 2.61. The fourth-order valence-corrected chi connectivity index (χ4v) is 4.31. The summed E-state index contributed by atoms with van der Waals surface area (Å²) in [5.41, 5.74) is 3.73. The molecule has 0 radical (unpaired) electrons. The number of hydrogen-bond donors (Lipinski definition) is 0. The van der Waals surface area contributed by atoms with Gasteiger partial charge in [0.15, 0.2) is 0 Å². The molecule has 150 valence electrons. The molecule has 1 heterocycles. The van der Waals surface area contributed by atoms with Gasteiger partial charge in [-0.05, 0) is 67.3 Å². The summed E-state index contributed by atoms with van der Waals surface area (Å²) in [4.78, 5) is 15.4. The fourth-order valence-electron chi connectivity index (χ4n) is 4.18. The van der Waals surface area contributed by atoms with Crippen LogP contribution in [0.5, 0.6) is 5.75 Å². The largest absolute Gasteiger partial charge is 0.494 e. The molecular weight excluding hydrogens is 382 g/mol. The highest BCUT2D eigenvalue weighted by atomic mass is 35.5. The van der Waals surface area contributed by atoms with E-state index in [9.17, 15) is 4.79 Å². The Morgan fingerprint density at radius 2 is 1.72 bits per heavy atom. The lowest BCUT2D eigenvalue weighted by molar-refractivity contribution is -0.125. The number of halogens is 1. The van der Waals surface area contributed by atoms with Gasteiger partial charge in [0.05, 0.1) is 12.3 Å². The van der Waals surface area contributed by atoms with E-state index in [1.165, 1.54) is 19.3 Å². The predicted octanol–water partition coefficient (Wildman–Crippen LogP) is 6.34. The SMILES string of the molecule is CCOc1ccc(/C=C2/C=C(c3ccc(Cl)cc3)N(C3CCCCC3)C2=O)cc1. The van der Waals surface area contributed by atoms with E-state index in [1.807, 2.05) is 72.5 Å². The van der Waals surface area contributed by atoms with Gasteiger partial charge in [-0.25, -0.2) is 0 Å². The summed E-state index contributed by atoms with van der Waals surface area (Å²) in [7, 11) is 0. The molecule has 0 N–H and O–H groups in total. The van der Waals surface area contributed by atoms with Crippen LogP contribution in [0.1, 0.15) is 50.2 Å². The zero-order chi connectivity index (χ0) is 20.2. The lowest BCUT2D eigenvalue weighted by Crippen LogP contribution is -2.37. The van der Waals surface area contributed by atoms with Crippen LogP contribution < -0.4 is 4.74 Å². The molecule has 0 aromatic heterocycles. The molecule has 0 unspecified atom stereocenters. The third kappa shape index (κ3) is 4.40. The maximum atomic E-state index is 13.4. The molecule has 1 saturated carbocycles. The lowest BCUT2D eigenvalue weighted by Gasteiger charge is -2.33. The second-order valence-corrected chi connectivity index (χ2v) is 8.04. The van der Waals surface area contributed by atoms with Crippen LogP contribution in [0.3, 0.4) is 0 Å². The third-order valence-electron chi connectivity index (χ3n) is 5.61. The van der Waals surface area contributed by atoms with Crippen molar-refractivity contribution in [1.29, 1.82) is 0 Å². The van der Waals surface area contributed by atoms with E-state index in [0.717, 1.165) is 41.0 Å². The molecule has 0 saturated heterocycles. The normalized spacial score (nSPS) is 19.0. The van der Waals surface area contributed by atoms with Crippen molar-refractivity contribution in [2.75, 3.05) is 6.61 Å².